The van der Waals surface area contributed by atoms with Gasteiger partial charge in [-0.25, -0.2) is 0 Å². The highest BCUT2D eigenvalue weighted by molar-refractivity contribution is 8.29. The summed E-state index contributed by atoms with van der Waals surface area (Å²) in [7, 11) is 0. The molecule has 0 aliphatic carbocycles. The smallest absolute Gasteiger partial charge is 0.293 e. The van der Waals surface area contributed by atoms with Crippen LogP contribution in [0.2, 0.25) is 0 Å². The largest absolute Gasteiger partial charge is 0.300 e. The number of benzene rings is 2. The topological polar surface area (TPSA) is 295 Å². The Morgan fingerprint density at radius 2 is 1.00 bits per heavy atom. The second kappa shape index (κ2) is 16.9. The molecule has 272 valence electrons. The molecule has 4 amide bonds. The maximum Gasteiger partial charge on any atom is 0.300 e. The van der Waals surface area contributed by atoms with Gasteiger partial charge in [-0.2, -0.15) is 0 Å². The van der Waals surface area contributed by atoms with Gasteiger partial charge in [0.15, 0.2) is 0 Å². The zero-order valence-corrected chi connectivity index (χ0v) is 29.2. The van der Waals surface area contributed by atoms with E-state index in [1.165, 1.54) is 9.80 Å². The van der Waals surface area contributed by atoms with Gasteiger partial charge in [-0.3, -0.25) is 91.1 Å². The molecular formula is C26H22N10O12S4. The summed E-state index contributed by atoms with van der Waals surface area (Å²) in [5, 5.41) is 44.4. The van der Waals surface area contributed by atoms with Crippen molar-refractivity contribution in [3.05, 3.63) is 86.7 Å². The third-order valence-corrected chi connectivity index (χ3v) is 9.95. The van der Waals surface area contributed by atoms with E-state index in [-0.39, 0.29) is 68.6 Å². The molecule has 0 spiro atoms. The van der Waals surface area contributed by atoms with Crippen molar-refractivity contribution in [1.82, 2.24) is 20.7 Å². The maximum atomic E-state index is 13.2. The molecular weight excluding hydrogens is 773 g/mol. The molecule has 2 aromatic rings. The molecule has 2 heterocycles. The van der Waals surface area contributed by atoms with E-state index >= 15 is 0 Å². The zero-order valence-electron chi connectivity index (χ0n) is 25.9. The van der Waals surface area contributed by atoms with Gasteiger partial charge in [-0.05, 0) is 25.0 Å². The Morgan fingerprint density at radius 3 is 1.33 bits per heavy atom. The lowest BCUT2D eigenvalue weighted by Gasteiger charge is -2.15. The van der Waals surface area contributed by atoms with E-state index in [9.17, 15) is 59.6 Å². The molecule has 0 bridgehead atoms. The van der Waals surface area contributed by atoms with Crippen LogP contribution < -0.4 is 21.7 Å². The number of thiocarbonyl (C=S) groups is 2. The first-order chi connectivity index (χ1) is 24.6. The van der Waals surface area contributed by atoms with E-state index in [1.54, 1.807) is 0 Å². The summed E-state index contributed by atoms with van der Waals surface area (Å²) in [6.45, 7) is -0.0164. The first-order valence-electron chi connectivity index (χ1n) is 14.4. The van der Waals surface area contributed by atoms with Crippen molar-refractivity contribution in [3.8, 4) is 0 Å². The fraction of sp³-hybridized carbons (Fsp3) is 0.231. The highest BCUT2D eigenvalue weighted by Crippen LogP contribution is 2.42. The third kappa shape index (κ3) is 9.27. The fourth-order valence-electron chi connectivity index (χ4n) is 4.43. The number of hydrazine groups is 2. The molecule has 4 rings (SSSR count). The van der Waals surface area contributed by atoms with Crippen LogP contribution in [0.25, 0.3) is 0 Å². The van der Waals surface area contributed by atoms with Crippen LogP contribution in [0.5, 0.6) is 0 Å². The van der Waals surface area contributed by atoms with Gasteiger partial charge >= 0.3 is 11.4 Å². The highest BCUT2D eigenvalue weighted by atomic mass is 32.2. The first kappa shape index (κ1) is 38.9. The molecule has 2 saturated heterocycles. The van der Waals surface area contributed by atoms with Gasteiger partial charge in [-0.15, -0.1) is 0 Å². The minimum absolute atomic E-state index is 0.00819. The first-order valence-corrected chi connectivity index (χ1v) is 16.8. The number of thioether (sulfide) groups is 2. The number of carbonyl (C=O) groups is 4. The van der Waals surface area contributed by atoms with Crippen molar-refractivity contribution in [3.63, 3.8) is 0 Å². The normalized spacial score (nSPS) is 15.5. The summed E-state index contributed by atoms with van der Waals surface area (Å²) < 4.78 is 0.255. The van der Waals surface area contributed by atoms with Gasteiger partial charge in [0, 0.05) is 38.1 Å². The summed E-state index contributed by atoms with van der Waals surface area (Å²) in [5.74, 6) is -2.39. The van der Waals surface area contributed by atoms with Crippen LogP contribution in [-0.2, 0) is 19.2 Å². The Kier molecular flexibility index (Phi) is 12.7. The molecule has 0 radical (unpaired) electrons. The number of hydrogen-bond acceptors (Lipinski definition) is 18. The number of nitrogens with one attached hydrogen (secondary N) is 4. The fourth-order valence-corrected chi connectivity index (χ4v) is 7.20. The van der Waals surface area contributed by atoms with Gasteiger partial charge in [0.25, 0.3) is 23.2 Å². The summed E-state index contributed by atoms with van der Waals surface area (Å²) in [5.41, 5.74) is 6.55. The van der Waals surface area contributed by atoms with E-state index < -0.39 is 66.1 Å². The highest BCUT2D eigenvalue weighted by Gasteiger charge is 2.41. The predicted octanol–water partition coefficient (Wildman–Crippen LogP) is 3.40. The third-order valence-electron chi connectivity index (χ3n) is 6.93. The van der Waals surface area contributed by atoms with E-state index in [4.69, 9.17) is 24.4 Å². The molecule has 52 heavy (non-hydrogen) atoms. The molecule has 22 nitrogen and oxygen atoms in total. The molecule has 2 aromatic carbocycles. The van der Waals surface area contributed by atoms with Gasteiger partial charge in [-0.1, -0.05) is 48.0 Å². The van der Waals surface area contributed by atoms with Crippen molar-refractivity contribution in [2.45, 2.75) is 25.7 Å². The number of carbonyl (C=O) groups excluding carboxylic acids is 4. The monoisotopic (exact) mass is 794 g/mol. The summed E-state index contributed by atoms with van der Waals surface area (Å²) in [4.78, 5) is 94.7. The van der Waals surface area contributed by atoms with Gasteiger partial charge in [0.05, 0.1) is 41.6 Å². The molecule has 26 heteroatoms. The van der Waals surface area contributed by atoms with E-state index in [2.05, 4.69) is 21.7 Å². The maximum absolute atomic E-state index is 13.2. The second-order valence-corrected chi connectivity index (χ2v) is 13.6. The van der Waals surface area contributed by atoms with Gasteiger partial charge < -0.3 is 0 Å². The number of hydrogen-bond donors (Lipinski definition) is 4. The van der Waals surface area contributed by atoms with E-state index in [1.807, 2.05) is 0 Å². The standard InChI is InChI=1S/C26H22N10O12S4/c37-19(29-27-15-7-5-13(33(41)42)11-17(15)35(45)46)3-1-9-31-23(39)21(51-25(31)49)22-24(40)32(26(50)52-22)10-2-4-20(38)30-28-16-8-6-14(34(43)44)12-18(16)36(47)48/h5-8,11-12,27-28H,1-4,9-10H2,(H,29,37)(H,30,38)/b22-21+. The Hall–Kier alpha value is -5.86. The molecule has 0 aromatic heterocycles. The Labute approximate surface area is 309 Å². The molecule has 4 N–H and O–H groups in total. The summed E-state index contributed by atoms with van der Waals surface area (Å²) in [6.07, 6.45) is -0.109. The lowest BCUT2D eigenvalue weighted by Crippen LogP contribution is -2.33. The summed E-state index contributed by atoms with van der Waals surface area (Å²) >= 11 is 12.4. The van der Waals surface area contributed by atoms with Crippen molar-refractivity contribution in [1.29, 1.82) is 0 Å². The quantitative estimate of drug-likeness (QED) is 0.0819. The molecule has 0 saturated carbocycles. The number of non-ortho nitro benzene ring substituents is 2. The van der Waals surface area contributed by atoms with Gasteiger partial charge in [0.1, 0.15) is 20.0 Å². The van der Waals surface area contributed by atoms with E-state index in [0.29, 0.717) is 0 Å². The number of nitro groups is 4. The number of rotatable bonds is 16. The molecule has 2 aliphatic heterocycles. The van der Waals surface area contributed by atoms with Crippen LogP contribution in [0.1, 0.15) is 25.7 Å². The number of nitro benzene ring substituents is 4. The Balaban J connectivity index is 1.25. The van der Waals surface area contributed by atoms with Crippen LogP contribution in [0.4, 0.5) is 34.1 Å². The lowest BCUT2D eigenvalue weighted by atomic mass is 10.2. The van der Waals surface area contributed by atoms with Crippen LogP contribution in [0.3, 0.4) is 0 Å². The molecule has 0 atom stereocenters. The molecule has 2 fully saturated rings. The number of amides is 4. The Morgan fingerprint density at radius 1 is 0.635 bits per heavy atom. The van der Waals surface area contributed by atoms with Crippen molar-refractivity contribution < 1.29 is 38.9 Å². The lowest BCUT2D eigenvalue weighted by molar-refractivity contribution is -0.393. The van der Waals surface area contributed by atoms with Crippen LogP contribution >= 0.6 is 48.0 Å². The Bertz CT molecular complexity index is 1840. The van der Waals surface area contributed by atoms with Crippen LogP contribution in [0.15, 0.2) is 46.2 Å². The predicted molar refractivity (Wildman–Crippen MR) is 192 cm³/mol. The average molecular weight is 795 g/mol. The SMILES string of the molecule is O=C(CCCN1C(=O)/C(=C2\SC(=S)N(CCCC(=O)NNc3ccc([N+](=O)[O-])cc3[N+](=O)[O-])C2=O)SC1=S)NNc1ccc([N+](=O)[O-])cc1[N+](=O)[O-]. The van der Waals surface area contributed by atoms with Crippen molar-refractivity contribution in [2.75, 3.05) is 23.9 Å². The minimum Gasteiger partial charge on any atom is -0.293 e. The number of anilines is 2. The second-order valence-electron chi connectivity index (χ2n) is 10.3. The van der Waals surface area contributed by atoms with Crippen molar-refractivity contribution in [2.24, 2.45) is 0 Å². The average Bonchev–Trinajstić information content (AvgIpc) is 3.54. The molecule has 0 unspecified atom stereocenters. The van der Waals surface area contributed by atoms with Crippen LogP contribution in [-0.4, -0.2) is 74.9 Å². The van der Waals surface area contributed by atoms with Gasteiger partial charge in [0.2, 0.25) is 11.8 Å². The van der Waals surface area contributed by atoms with Crippen molar-refractivity contribution >= 4 is 114 Å². The van der Waals surface area contributed by atoms with Crippen LogP contribution in [0, 0.1) is 40.5 Å². The zero-order chi connectivity index (χ0) is 38.3. The number of nitrogens with zero attached hydrogens (tertiary/aromatic N) is 6. The van der Waals surface area contributed by atoms with E-state index in [0.717, 1.165) is 59.9 Å². The molecule has 2 aliphatic rings. The summed E-state index contributed by atoms with van der Waals surface area (Å²) in [6, 6.07) is 5.65. The minimum atomic E-state index is -0.853.